The highest BCUT2D eigenvalue weighted by Crippen LogP contribution is 2.36. The molecule has 0 aromatic heterocycles. The van der Waals surface area contributed by atoms with Crippen LogP contribution in [0.3, 0.4) is 0 Å². The third-order valence-corrected chi connectivity index (χ3v) is 6.10. The zero-order valence-electron chi connectivity index (χ0n) is 18.5. The molecular weight excluding hydrogens is 416 g/mol. The molecule has 0 aliphatic carbocycles. The largest absolute Gasteiger partial charge is 0.494 e. The number of nitrogens with zero attached hydrogens (tertiary/aromatic N) is 1. The van der Waals surface area contributed by atoms with E-state index < -0.39 is 0 Å². The number of likely N-dealkylation sites (tertiary alicyclic amines) is 1. The van der Waals surface area contributed by atoms with Gasteiger partial charge in [0.1, 0.15) is 11.9 Å². The summed E-state index contributed by atoms with van der Waals surface area (Å²) in [5, 5.41) is 6.03. The van der Waals surface area contributed by atoms with E-state index in [1.807, 2.05) is 37.3 Å². The maximum Gasteiger partial charge on any atom is 0.261 e. The number of nitrogens with one attached hydrogen (secondary N) is 1. The van der Waals surface area contributed by atoms with Gasteiger partial charge in [-0.2, -0.15) is 0 Å². The summed E-state index contributed by atoms with van der Waals surface area (Å²) in [5.74, 6) is 0.838. The molecule has 1 aliphatic rings. The number of thiocarbonyl (C=S) groups is 1. The lowest BCUT2D eigenvalue weighted by atomic mass is 9.94. The lowest BCUT2D eigenvalue weighted by Crippen LogP contribution is -2.37. The van der Waals surface area contributed by atoms with Crippen molar-refractivity contribution in [3.8, 4) is 5.75 Å². The Hall–Kier alpha value is -2.89. The molecule has 32 heavy (non-hydrogen) atoms. The first-order valence-electron chi connectivity index (χ1n) is 11.2. The third-order valence-electron chi connectivity index (χ3n) is 5.90. The minimum absolute atomic E-state index is 0.175. The first kappa shape index (κ1) is 22.3. The van der Waals surface area contributed by atoms with Crippen LogP contribution in [0.25, 0.3) is 10.8 Å². The van der Waals surface area contributed by atoms with Crippen molar-refractivity contribution < 1.29 is 9.47 Å². The Morgan fingerprint density at radius 2 is 1.94 bits per heavy atom. The van der Waals surface area contributed by atoms with Crippen LogP contribution in [0.15, 0.2) is 79.4 Å². The molecule has 4 nitrogen and oxygen atoms in total. The third kappa shape index (κ3) is 5.12. The predicted molar refractivity (Wildman–Crippen MR) is 136 cm³/mol. The van der Waals surface area contributed by atoms with Crippen LogP contribution in [-0.2, 0) is 4.74 Å². The van der Waals surface area contributed by atoms with Gasteiger partial charge in [0.15, 0.2) is 0 Å². The molecule has 0 unspecified atom stereocenters. The summed E-state index contributed by atoms with van der Waals surface area (Å²) in [6.07, 6.45) is 4.00. The fourth-order valence-corrected chi connectivity index (χ4v) is 4.72. The van der Waals surface area contributed by atoms with Gasteiger partial charge < -0.3 is 14.8 Å². The van der Waals surface area contributed by atoms with Crippen molar-refractivity contribution in [3.05, 3.63) is 84.9 Å². The van der Waals surface area contributed by atoms with Crippen LogP contribution >= 0.6 is 12.2 Å². The quantitative estimate of drug-likeness (QED) is 0.322. The Morgan fingerprint density at radius 1 is 1.16 bits per heavy atom. The van der Waals surface area contributed by atoms with E-state index in [1.54, 1.807) is 0 Å². The molecule has 1 fully saturated rings. The van der Waals surface area contributed by atoms with Crippen molar-refractivity contribution in [2.45, 2.75) is 31.9 Å². The van der Waals surface area contributed by atoms with E-state index in [0.29, 0.717) is 11.8 Å². The lowest BCUT2D eigenvalue weighted by molar-refractivity contribution is 0.0936. The second-order valence-electron chi connectivity index (χ2n) is 7.97. The molecular formula is C27H30N2O2S. The number of ether oxygens (including phenoxy) is 2. The Kier molecular flexibility index (Phi) is 7.40. The molecule has 1 saturated heterocycles. The van der Waals surface area contributed by atoms with Gasteiger partial charge in [0.2, 0.25) is 0 Å². The van der Waals surface area contributed by atoms with Crippen molar-refractivity contribution in [2.75, 3.05) is 25.0 Å². The summed E-state index contributed by atoms with van der Waals surface area (Å²) in [6, 6.07) is 22.9. The number of benzene rings is 3. The van der Waals surface area contributed by atoms with E-state index in [1.165, 1.54) is 16.3 Å². The molecule has 0 spiro atoms. The predicted octanol–water partition coefficient (Wildman–Crippen LogP) is 6.34. The van der Waals surface area contributed by atoms with Crippen molar-refractivity contribution in [1.82, 2.24) is 4.90 Å². The fourth-order valence-electron chi connectivity index (χ4n) is 4.50. The molecule has 5 heteroatoms. The molecule has 0 bridgehead atoms. The molecule has 0 radical (unpaired) electrons. The molecule has 0 saturated carbocycles. The van der Waals surface area contributed by atoms with Gasteiger partial charge in [0, 0.05) is 17.8 Å². The Morgan fingerprint density at radius 3 is 2.72 bits per heavy atom. The van der Waals surface area contributed by atoms with Gasteiger partial charge in [-0.05, 0) is 73.6 Å². The first-order chi connectivity index (χ1) is 15.7. The van der Waals surface area contributed by atoms with Crippen LogP contribution in [0.5, 0.6) is 5.75 Å². The topological polar surface area (TPSA) is 33.7 Å². The zero-order valence-corrected chi connectivity index (χ0v) is 19.3. The van der Waals surface area contributed by atoms with E-state index >= 15 is 0 Å². The van der Waals surface area contributed by atoms with E-state index in [4.69, 9.17) is 21.7 Å². The molecule has 4 rings (SSSR count). The second kappa shape index (κ2) is 10.6. The normalized spacial score (nSPS) is 17.1. The summed E-state index contributed by atoms with van der Waals surface area (Å²) in [4.78, 5) is 2.44. The van der Waals surface area contributed by atoms with Gasteiger partial charge in [-0.1, -0.05) is 48.5 Å². The highest BCUT2D eigenvalue weighted by molar-refractivity contribution is 7.80. The molecule has 1 aliphatic heterocycles. The van der Waals surface area contributed by atoms with Gasteiger partial charge in [-0.15, -0.1) is 6.58 Å². The van der Waals surface area contributed by atoms with E-state index in [0.717, 1.165) is 37.4 Å². The van der Waals surface area contributed by atoms with Gasteiger partial charge in [-0.25, -0.2) is 0 Å². The van der Waals surface area contributed by atoms with Crippen molar-refractivity contribution in [3.63, 3.8) is 0 Å². The van der Waals surface area contributed by atoms with Gasteiger partial charge >= 0.3 is 0 Å². The molecule has 2 atom stereocenters. The minimum Gasteiger partial charge on any atom is -0.494 e. The molecule has 3 aromatic carbocycles. The number of rotatable bonds is 8. The van der Waals surface area contributed by atoms with Gasteiger partial charge in [-0.3, -0.25) is 4.90 Å². The summed E-state index contributed by atoms with van der Waals surface area (Å²) >= 11 is 5.65. The SMILES string of the molecule is C=CCN1CCC[C@H]1[C@@H](OC(=S)Nc1ccc(OCC)cc1)c1cccc2ccccc12. The number of hydrogen-bond acceptors (Lipinski definition) is 4. The minimum atomic E-state index is -0.175. The average Bonchev–Trinajstić information content (AvgIpc) is 3.27. The molecule has 166 valence electrons. The summed E-state index contributed by atoms with van der Waals surface area (Å²) in [5.41, 5.74) is 2.05. The van der Waals surface area contributed by atoms with E-state index in [9.17, 15) is 0 Å². The highest BCUT2D eigenvalue weighted by Gasteiger charge is 2.35. The number of anilines is 1. The smallest absolute Gasteiger partial charge is 0.261 e. The van der Waals surface area contributed by atoms with Gasteiger partial charge in [0.05, 0.1) is 12.6 Å². The first-order valence-corrected chi connectivity index (χ1v) is 11.6. The van der Waals surface area contributed by atoms with Crippen LogP contribution in [0.4, 0.5) is 5.69 Å². The van der Waals surface area contributed by atoms with Crippen molar-refractivity contribution in [2.24, 2.45) is 0 Å². The number of fused-ring (bicyclic) bond motifs is 1. The van der Waals surface area contributed by atoms with Gasteiger partial charge in [0.25, 0.3) is 5.17 Å². The van der Waals surface area contributed by atoms with E-state index in [-0.39, 0.29) is 12.1 Å². The Bertz CT molecular complexity index is 1060. The van der Waals surface area contributed by atoms with Crippen LogP contribution in [-0.4, -0.2) is 35.8 Å². The molecule has 1 N–H and O–H groups in total. The summed E-state index contributed by atoms with van der Waals surface area (Å²) < 4.78 is 12.0. The maximum absolute atomic E-state index is 6.50. The molecule has 1 heterocycles. The zero-order chi connectivity index (χ0) is 22.3. The van der Waals surface area contributed by atoms with Crippen LogP contribution < -0.4 is 10.1 Å². The maximum atomic E-state index is 6.50. The molecule has 3 aromatic rings. The monoisotopic (exact) mass is 446 g/mol. The Balaban J connectivity index is 1.60. The van der Waals surface area contributed by atoms with Crippen LogP contribution in [0, 0.1) is 0 Å². The van der Waals surface area contributed by atoms with Crippen LogP contribution in [0.2, 0.25) is 0 Å². The Labute approximate surface area is 195 Å². The summed E-state index contributed by atoms with van der Waals surface area (Å²) in [7, 11) is 0. The average molecular weight is 447 g/mol. The number of hydrogen-bond donors (Lipinski definition) is 1. The van der Waals surface area contributed by atoms with E-state index in [2.05, 4.69) is 59.3 Å². The molecule has 0 amide bonds. The highest BCUT2D eigenvalue weighted by atomic mass is 32.1. The second-order valence-corrected chi connectivity index (χ2v) is 8.34. The lowest BCUT2D eigenvalue weighted by Gasteiger charge is -2.32. The fraction of sp³-hybridized carbons (Fsp3) is 0.296. The standard InChI is InChI=1S/C27H30N2O2S/c1-3-18-29-19-8-13-25(29)26(24-12-7-10-20-9-5-6-11-23(20)24)31-27(32)28-21-14-16-22(17-15-21)30-4-2/h3,5-7,9-12,14-17,25-26H,1,4,8,13,18-19H2,2H3,(H,28,32)/t25-,26-/m0/s1. The van der Waals surface area contributed by atoms with Crippen molar-refractivity contribution in [1.29, 1.82) is 0 Å². The summed E-state index contributed by atoms with van der Waals surface area (Å²) in [6.45, 7) is 8.45. The van der Waals surface area contributed by atoms with Crippen LogP contribution in [0.1, 0.15) is 31.4 Å². The van der Waals surface area contributed by atoms with Crippen molar-refractivity contribution >= 4 is 33.9 Å².